The van der Waals surface area contributed by atoms with Crippen molar-refractivity contribution in [2.45, 2.75) is 32.7 Å². The third-order valence-corrected chi connectivity index (χ3v) is 5.34. The van der Waals surface area contributed by atoms with E-state index in [0.29, 0.717) is 4.57 Å². The summed E-state index contributed by atoms with van der Waals surface area (Å²) >= 11 is 0. The molecule has 9 heteroatoms. The van der Waals surface area contributed by atoms with Gasteiger partial charge in [0.05, 0.1) is 25.0 Å². The Morgan fingerprint density at radius 1 is 0.903 bits per heavy atom. The van der Waals surface area contributed by atoms with Crippen molar-refractivity contribution < 1.29 is 23.9 Å². The summed E-state index contributed by atoms with van der Waals surface area (Å²) in [5.74, 6) is -3.37. The lowest BCUT2D eigenvalue weighted by atomic mass is 9.96. The zero-order valence-electron chi connectivity index (χ0n) is 17.4. The summed E-state index contributed by atoms with van der Waals surface area (Å²) in [4.78, 5) is 63.0. The van der Waals surface area contributed by atoms with Gasteiger partial charge in [-0.15, -0.1) is 0 Å². The van der Waals surface area contributed by atoms with E-state index in [1.807, 2.05) is 0 Å². The lowest BCUT2D eigenvalue weighted by Gasteiger charge is -2.15. The third kappa shape index (κ3) is 4.50. The van der Waals surface area contributed by atoms with Crippen LogP contribution >= 0.6 is 0 Å². The molecule has 0 saturated heterocycles. The lowest BCUT2D eigenvalue weighted by Crippen LogP contribution is -2.44. The van der Waals surface area contributed by atoms with Crippen molar-refractivity contribution in [3.8, 4) is 0 Å². The van der Waals surface area contributed by atoms with Crippen LogP contribution in [0.15, 0.2) is 52.2 Å². The third-order valence-electron chi connectivity index (χ3n) is 5.34. The molecule has 2 aromatic rings. The van der Waals surface area contributed by atoms with E-state index in [-0.39, 0.29) is 31.6 Å². The fraction of sp³-hybridized carbons (Fsp3) is 0.409. The minimum atomic E-state index is -0.821. The van der Waals surface area contributed by atoms with Gasteiger partial charge in [0.15, 0.2) is 0 Å². The van der Waals surface area contributed by atoms with Crippen LogP contribution in [0, 0.1) is 11.8 Å². The Balaban J connectivity index is 1.98. The Morgan fingerprint density at radius 3 is 1.97 bits per heavy atom. The first kappa shape index (κ1) is 22.2. The Morgan fingerprint density at radius 2 is 1.45 bits per heavy atom. The average Bonchev–Trinajstić information content (AvgIpc) is 3.20. The van der Waals surface area contributed by atoms with E-state index in [1.165, 1.54) is 22.9 Å². The highest BCUT2D eigenvalue weighted by Crippen LogP contribution is 2.40. The summed E-state index contributed by atoms with van der Waals surface area (Å²) in [6, 6.07) is 8.54. The highest BCUT2D eigenvalue weighted by molar-refractivity contribution is 5.95. The second-order valence-electron chi connectivity index (χ2n) is 7.19. The van der Waals surface area contributed by atoms with E-state index in [2.05, 4.69) is 0 Å². The molecule has 0 bridgehead atoms. The Hall–Kier alpha value is -3.49. The number of hydrogen-bond donors (Lipinski definition) is 0. The zero-order chi connectivity index (χ0) is 22.5. The van der Waals surface area contributed by atoms with E-state index in [0.717, 1.165) is 6.07 Å². The molecule has 1 aliphatic rings. The van der Waals surface area contributed by atoms with Crippen molar-refractivity contribution in [3.63, 3.8) is 0 Å². The maximum absolute atomic E-state index is 13.1. The fourth-order valence-corrected chi connectivity index (χ4v) is 3.92. The molecule has 1 aromatic carbocycles. The van der Waals surface area contributed by atoms with Gasteiger partial charge in [-0.05, 0) is 38.8 Å². The molecule has 1 unspecified atom stereocenters. The van der Waals surface area contributed by atoms with Crippen LogP contribution in [0.4, 0.5) is 0 Å². The lowest BCUT2D eigenvalue weighted by molar-refractivity contribution is -0.158. The number of carbonyl (C=O) groups is 3. The van der Waals surface area contributed by atoms with Crippen LogP contribution in [-0.4, -0.2) is 40.2 Å². The Labute approximate surface area is 178 Å². The minimum absolute atomic E-state index is 0.153. The number of ether oxygens (including phenoxy) is 2. The van der Waals surface area contributed by atoms with Gasteiger partial charge in [-0.3, -0.25) is 23.7 Å². The number of aromatic nitrogens is 2. The minimum Gasteiger partial charge on any atom is -0.466 e. The molecule has 1 aromatic heterocycles. The van der Waals surface area contributed by atoms with Crippen LogP contribution < -0.4 is 11.2 Å². The average molecular weight is 428 g/mol. The van der Waals surface area contributed by atoms with Crippen LogP contribution in [0.25, 0.3) is 0 Å². The number of esters is 2. The Kier molecular flexibility index (Phi) is 6.84. The number of rotatable bonds is 6. The van der Waals surface area contributed by atoms with Gasteiger partial charge < -0.3 is 9.47 Å². The fourth-order valence-electron chi connectivity index (χ4n) is 3.92. The first-order valence-electron chi connectivity index (χ1n) is 10.2. The van der Waals surface area contributed by atoms with Crippen LogP contribution in [0.1, 0.15) is 43.1 Å². The molecule has 0 radical (unpaired) electrons. The van der Waals surface area contributed by atoms with Crippen molar-refractivity contribution in [1.29, 1.82) is 0 Å². The van der Waals surface area contributed by atoms with Gasteiger partial charge in [0.1, 0.15) is 0 Å². The zero-order valence-corrected chi connectivity index (χ0v) is 17.4. The highest BCUT2D eigenvalue weighted by Gasteiger charge is 2.45. The van der Waals surface area contributed by atoms with E-state index in [1.54, 1.807) is 32.0 Å². The molecule has 3 rings (SSSR count). The molecule has 1 saturated carbocycles. The number of hydrogen-bond acceptors (Lipinski definition) is 7. The molecule has 0 aliphatic heterocycles. The standard InChI is InChI=1S/C22H24N2O7/c1-3-30-20(27)16-12-15(13-17(16)21(28)31-4-2)23-11-10-18(25)24(22(23)29)19(26)14-8-6-5-7-9-14/h5-11,15-17H,3-4,12-13H2,1-2H3/t15?,16-,17+. The maximum atomic E-state index is 13.1. The predicted octanol–water partition coefficient (Wildman–Crippen LogP) is 1.39. The maximum Gasteiger partial charge on any atom is 0.338 e. The van der Waals surface area contributed by atoms with Crippen molar-refractivity contribution in [2.24, 2.45) is 11.8 Å². The molecule has 9 nitrogen and oxygen atoms in total. The SMILES string of the molecule is CCOC(=O)[C@H]1CC(n2ccc(=O)n(C(=O)c3ccccc3)c2=O)C[C@H]1C(=O)OCC. The van der Waals surface area contributed by atoms with Crippen molar-refractivity contribution in [1.82, 2.24) is 9.13 Å². The topological polar surface area (TPSA) is 114 Å². The van der Waals surface area contributed by atoms with Crippen LogP contribution in [0.5, 0.6) is 0 Å². The van der Waals surface area contributed by atoms with E-state index in [4.69, 9.17) is 9.47 Å². The predicted molar refractivity (Wildman–Crippen MR) is 110 cm³/mol. The van der Waals surface area contributed by atoms with Gasteiger partial charge in [0, 0.05) is 23.9 Å². The smallest absolute Gasteiger partial charge is 0.338 e. The van der Waals surface area contributed by atoms with Crippen LogP contribution in [-0.2, 0) is 19.1 Å². The first-order chi connectivity index (χ1) is 14.9. The van der Waals surface area contributed by atoms with Crippen molar-refractivity contribution in [3.05, 3.63) is 69.0 Å². The van der Waals surface area contributed by atoms with Gasteiger partial charge in [-0.2, -0.15) is 4.57 Å². The Bertz CT molecular complexity index is 1060. The molecular weight excluding hydrogens is 404 g/mol. The molecule has 1 aliphatic carbocycles. The second kappa shape index (κ2) is 9.55. The summed E-state index contributed by atoms with van der Waals surface area (Å²) in [5.41, 5.74) is -1.38. The highest BCUT2D eigenvalue weighted by atomic mass is 16.5. The molecular formula is C22H24N2O7. The van der Waals surface area contributed by atoms with Gasteiger partial charge in [0.2, 0.25) is 0 Å². The molecule has 0 N–H and O–H groups in total. The van der Waals surface area contributed by atoms with E-state index in [9.17, 15) is 24.0 Å². The number of nitrogens with zero attached hydrogens (tertiary/aromatic N) is 2. The normalized spacial score (nSPS) is 20.3. The van der Waals surface area contributed by atoms with Crippen molar-refractivity contribution >= 4 is 17.8 Å². The van der Waals surface area contributed by atoms with Gasteiger partial charge >= 0.3 is 17.6 Å². The first-order valence-corrected chi connectivity index (χ1v) is 10.2. The van der Waals surface area contributed by atoms with Gasteiger partial charge in [0.25, 0.3) is 11.5 Å². The summed E-state index contributed by atoms with van der Waals surface area (Å²) < 4.78 is 12.0. The van der Waals surface area contributed by atoms with E-state index < -0.39 is 47.0 Å². The monoisotopic (exact) mass is 428 g/mol. The summed E-state index contributed by atoms with van der Waals surface area (Å²) in [6.07, 6.45) is 1.60. The molecule has 31 heavy (non-hydrogen) atoms. The second-order valence-corrected chi connectivity index (χ2v) is 7.19. The van der Waals surface area contributed by atoms with Gasteiger partial charge in [-0.25, -0.2) is 4.79 Å². The van der Waals surface area contributed by atoms with Gasteiger partial charge in [-0.1, -0.05) is 18.2 Å². The number of benzene rings is 1. The van der Waals surface area contributed by atoms with Crippen LogP contribution in [0.3, 0.4) is 0 Å². The summed E-state index contributed by atoms with van der Waals surface area (Å²) in [5, 5.41) is 0. The summed E-state index contributed by atoms with van der Waals surface area (Å²) in [6.45, 7) is 3.65. The van der Waals surface area contributed by atoms with E-state index >= 15 is 0 Å². The molecule has 3 atom stereocenters. The summed E-state index contributed by atoms with van der Waals surface area (Å²) in [7, 11) is 0. The quantitative estimate of drug-likeness (QED) is 0.639. The van der Waals surface area contributed by atoms with Crippen LogP contribution in [0.2, 0.25) is 0 Å². The molecule has 1 fully saturated rings. The van der Waals surface area contributed by atoms with Crippen molar-refractivity contribution in [2.75, 3.05) is 13.2 Å². The molecule has 164 valence electrons. The number of carbonyl (C=O) groups excluding carboxylic acids is 3. The molecule has 1 heterocycles. The largest absolute Gasteiger partial charge is 0.466 e. The molecule has 0 amide bonds. The molecule has 0 spiro atoms.